The fraction of sp³-hybridized carbons (Fsp3) is 0.615. The molecule has 0 saturated carbocycles. The van der Waals surface area contributed by atoms with Crippen LogP contribution in [0.15, 0.2) is 16.9 Å². The third kappa shape index (κ3) is 2.73. The van der Waals surface area contributed by atoms with Gasteiger partial charge >= 0.3 is 0 Å². The molecule has 2 heterocycles. The number of nitrogens with two attached hydrogens (primary N) is 1. The van der Waals surface area contributed by atoms with Crippen molar-refractivity contribution in [2.24, 2.45) is 12.8 Å². The highest BCUT2D eigenvalue weighted by atomic mass is 16.5. The smallest absolute Gasteiger partial charge is 0.248 e. The molecular formula is C13H21N5O2. The molecule has 0 aromatic carbocycles. The lowest BCUT2D eigenvalue weighted by Crippen LogP contribution is -2.26. The van der Waals surface area contributed by atoms with E-state index in [9.17, 15) is 0 Å². The first kappa shape index (κ1) is 14.7. The van der Waals surface area contributed by atoms with Crippen molar-refractivity contribution in [1.82, 2.24) is 19.9 Å². The van der Waals surface area contributed by atoms with Gasteiger partial charge < -0.3 is 15.0 Å². The van der Waals surface area contributed by atoms with Crippen molar-refractivity contribution in [3.63, 3.8) is 0 Å². The minimum absolute atomic E-state index is 0.368. The van der Waals surface area contributed by atoms with Crippen molar-refractivity contribution in [2.75, 3.05) is 6.61 Å². The molecule has 0 radical (unpaired) electrons. The van der Waals surface area contributed by atoms with E-state index in [1.807, 2.05) is 34.0 Å². The second kappa shape index (κ2) is 5.72. The first-order valence-electron chi connectivity index (χ1n) is 6.72. The SMILES string of the molecule is CCOC(C)(CC)c1noc(C(N)c2cnn(C)c2)n1. The lowest BCUT2D eigenvalue weighted by molar-refractivity contribution is -0.0403. The van der Waals surface area contributed by atoms with E-state index in [1.54, 1.807) is 10.9 Å². The number of ether oxygens (including phenoxy) is 1. The van der Waals surface area contributed by atoms with Gasteiger partial charge in [-0.2, -0.15) is 10.1 Å². The maximum Gasteiger partial charge on any atom is 0.248 e. The highest BCUT2D eigenvalue weighted by molar-refractivity contribution is 5.17. The monoisotopic (exact) mass is 279 g/mol. The van der Waals surface area contributed by atoms with E-state index in [0.29, 0.717) is 18.3 Å². The topological polar surface area (TPSA) is 92.0 Å². The normalized spacial score (nSPS) is 16.1. The lowest BCUT2D eigenvalue weighted by atomic mass is 10.0. The molecule has 0 fully saturated rings. The molecule has 0 aliphatic rings. The fourth-order valence-corrected chi connectivity index (χ4v) is 1.96. The zero-order chi connectivity index (χ0) is 14.8. The fourth-order valence-electron chi connectivity index (χ4n) is 1.96. The number of aryl methyl sites for hydroxylation is 1. The van der Waals surface area contributed by atoms with E-state index < -0.39 is 11.6 Å². The predicted molar refractivity (Wildman–Crippen MR) is 72.8 cm³/mol. The molecule has 0 saturated heterocycles. The van der Waals surface area contributed by atoms with Crippen LogP contribution in [0.2, 0.25) is 0 Å². The van der Waals surface area contributed by atoms with E-state index in [4.69, 9.17) is 15.0 Å². The van der Waals surface area contributed by atoms with Gasteiger partial charge in [0.25, 0.3) is 0 Å². The van der Waals surface area contributed by atoms with Crippen LogP contribution >= 0.6 is 0 Å². The lowest BCUT2D eigenvalue weighted by Gasteiger charge is -2.23. The van der Waals surface area contributed by atoms with Crippen molar-refractivity contribution in [2.45, 2.75) is 38.8 Å². The van der Waals surface area contributed by atoms with Gasteiger partial charge in [0.2, 0.25) is 11.7 Å². The van der Waals surface area contributed by atoms with Gasteiger partial charge in [-0.15, -0.1) is 0 Å². The molecule has 0 bridgehead atoms. The second-order valence-corrected chi connectivity index (χ2v) is 4.90. The van der Waals surface area contributed by atoms with E-state index in [0.717, 1.165) is 12.0 Å². The molecule has 20 heavy (non-hydrogen) atoms. The molecule has 110 valence electrons. The van der Waals surface area contributed by atoms with E-state index in [1.165, 1.54) is 0 Å². The molecule has 0 amide bonds. The van der Waals surface area contributed by atoms with Crippen LogP contribution in [0, 0.1) is 0 Å². The van der Waals surface area contributed by atoms with Gasteiger partial charge in [-0.05, 0) is 20.3 Å². The summed E-state index contributed by atoms with van der Waals surface area (Å²) < 4.78 is 12.7. The number of aromatic nitrogens is 4. The summed E-state index contributed by atoms with van der Waals surface area (Å²) in [6.07, 6.45) is 4.27. The van der Waals surface area contributed by atoms with Crippen molar-refractivity contribution in [3.8, 4) is 0 Å². The highest BCUT2D eigenvalue weighted by Crippen LogP contribution is 2.28. The van der Waals surface area contributed by atoms with Gasteiger partial charge in [-0.3, -0.25) is 4.68 Å². The van der Waals surface area contributed by atoms with Gasteiger partial charge in [0.1, 0.15) is 11.6 Å². The Bertz CT molecular complexity index is 565. The van der Waals surface area contributed by atoms with Crippen molar-refractivity contribution >= 4 is 0 Å². The third-order valence-electron chi connectivity index (χ3n) is 3.40. The Hall–Kier alpha value is -1.73. The summed E-state index contributed by atoms with van der Waals surface area (Å²) in [6, 6.07) is -0.479. The number of rotatable bonds is 6. The highest BCUT2D eigenvalue weighted by Gasteiger charge is 2.32. The van der Waals surface area contributed by atoms with Gasteiger partial charge in [0, 0.05) is 25.4 Å². The molecular weight excluding hydrogens is 258 g/mol. The number of hydrogen-bond acceptors (Lipinski definition) is 6. The molecule has 0 aliphatic carbocycles. The summed E-state index contributed by atoms with van der Waals surface area (Å²) in [5.41, 5.74) is 6.39. The van der Waals surface area contributed by atoms with Gasteiger partial charge in [-0.25, -0.2) is 0 Å². The first-order chi connectivity index (χ1) is 9.50. The molecule has 2 unspecified atom stereocenters. The van der Waals surface area contributed by atoms with Crippen LogP contribution in [0.25, 0.3) is 0 Å². The zero-order valence-corrected chi connectivity index (χ0v) is 12.3. The average molecular weight is 279 g/mol. The summed E-state index contributed by atoms with van der Waals surface area (Å²) >= 11 is 0. The first-order valence-corrected chi connectivity index (χ1v) is 6.72. The summed E-state index contributed by atoms with van der Waals surface area (Å²) in [5.74, 6) is 0.892. The Labute approximate surface area is 118 Å². The summed E-state index contributed by atoms with van der Waals surface area (Å²) in [4.78, 5) is 4.39. The van der Waals surface area contributed by atoms with Gasteiger partial charge in [-0.1, -0.05) is 12.1 Å². The van der Waals surface area contributed by atoms with Crippen LogP contribution < -0.4 is 5.73 Å². The van der Waals surface area contributed by atoms with Crippen LogP contribution in [0.4, 0.5) is 0 Å². The quantitative estimate of drug-likeness (QED) is 0.861. The summed E-state index contributed by atoms with van der Waals surface area (Å²) in [7, 11) is 1.83. The minimum Gasteiger partial charge on any atom is -0.367 e. The summed E-state index contributed by atoms with van der Waals surface area (Å²) in [6.45, 7) is 6.49. The van der Waals surface area contributed by atoms with Crippen LogP contribution in [0.5, 0.6) is 0 Å². The zero-order valence-electron chi connectivity index (χ0n) is 12.3. The van der Waals surface area contributed by atoms with Crippen LogP contribution in [-0.2, 0) is 17.4 Å². The largest absolute Gasteiger partial charge is 0.367 e. The number of nitrogens with zero attached hydrogens (tertiary/aromatic N) is 4. The predicted octanol–water partition coefficient (Wildman–Crippen LogP) is 1.51. The average Bonchev–Trinajstić information content (AvgIpc) is 3.07. The second-order valence-electron chi connectivity index (χ2n) is 4.90. The molecule has 2 rings (SSSR count). The van der Waals surface area contributed by atoms with Crippen LogP contribution in [0.3, 0.4) is 0 Å². The Morgan fingerprint density at radius 1 is 1.50 bits per heavy atom. The van der Waals surface area contributed by atoms with E-state index in [2.05, 4.69) is 15.2 Å². The Morgan fingerprint density at radius 3 is 2.80 bits per heavy atom. The Balaban J connectivity index is 2.24. The van der Waals surface area contributed by atoms with E-state index >= 15 is 0 Å². The molecule has 7 nitrogen and oxygen atoms in total. The van der Waals surface area contributed by atoms with Crippen LogP contribution in [0.1, 0.15) is 50.5 Å². The molecule has 2 atom stereocenters. The molecule has 0 aliphatic heterocycles. The number of hydrogen-bond donors (Lipinski definition) is 1. The summed E-state index contributed by atoms with van der Waals surface area (Å²) in [5, 5.41) is 8.10. The van der Waals surface area contributed by atoms with Gasteiger partial charge in [0.15, 0.2) is 0 Å². The van der Waals surface area contributed by atoms with Gasteiger partial charge in [0.05, 0.1) is 6.20 Å². The molecule has 2 N–H and O–H groups in total. The molecule has 7 heteroatoms. The third-order valence-corrected chi connectivity index (χ3v) is 3.40. The van der Waals surface area contributed by atoms with Crippen molar-refractivity contribution < 1.29 is 9.26 Å². The standard InChI is InChI=1S/C13H21N5O2/c1-5-13(3,19-6-2)12-16-11(20-17-12)10(14)9-7-15-18(4)8-9/h7-8,10H,5-6,14H2,1-4H3. The maximum atomic E-state index is 6.11. The minimum atomic E-state index is -0.550. The van der Waals surface area contributed by atoms with Crippen molar-refractivity contribution in [1.29, 1.82) is 0 Å². The Morgan fingerprint density at radius 2 is 2.25 bits per heavy atom. The van der Waals surface area contributed by atoms with E-state index in [-0.39, 0.29) is 0 Å². The maximum absolute atomic E-state index is 6.11. The molecule has 2 aromatic heterocycles. The molecule has 2 aromatic rings. The van der Waals surface area contributed by atoms with Crippen LogP contribution in [-0.4, -0.2) is 26.5 Å². The van der Waals surface area contributed by atoms with Crippen molar-refractivity contribution in [3.05, 3.63) is 29.7 Å². The Kier molecular flexibility index (Phi) is 4.20. The molecule has 0 spiro atoms.